The highest BCUT2D eigenvalue weighted by atomic mass is 35.5. The van der Waals surface area contributed by atoms with Crippen LogP contribution in [0.4, 0.5) is 11.4 Å². The van der Waals surface area contributed by atoms with E-state index < -0.39 is 5.97 Å². The van der Waals surface area contributed by atoms with Crippen LogP contribution in [-0.2, 0) is 11.3 Å². The molecule has 1 fully saturated rings. The lowest BCUT2D eigenvalue weighted by Crippen LogP contribution is -2.44. The molecule has 8 heteroatoms. The lowest BCUT2D eigenvalue weighted by atomic mass is 9.88. The average Bonchev–Trinajstić information content (AvgIpc) is 3.19. The van der Waals surface area contributed by atoms with Gasteiger partial charge in [0, 0.05) is 22.8 Å². The molecule has 2 aliphatic rings. The molecular weight excluding hydrogens is 542 g/mol. The van der Waals surface area contributed by atoms with Crippen molar-refractivity contribution >= 4 is 63.4 Å². The van der Waals surface area contributed by atoms with Gasteiger partial charge in [0.1, 0.15) is 0 Å². The highest BCUT2D eigenvalue weighted by molar-refractivity contribution is 8.18. The van der Waals surface area contributed by atoms with Crippen LogP contribution >= 0.6 is 23.4 Å². The molecule has 0 saturated carbocycles. The van der Waals surface area contributed by atoms with Crippen molar-refractivity contribution in [2.75, 3.05) is 11.4 Å². The fraction of sp³-hybridized carbons (Fsp3) is 0.219. The van der Waals surface area contributed by atoms with Crippen molar-refractivity contribution in [3.8, 4) is 0 Å². The van der Waals surface area contributed by atoms with E-state index in [1.54, 1.807) is 29.2 Å². The van der Waals surface area contributed by atoms with E-state index in [0.29, 0.717) is 15.1 Å². The number of aliphatic imine (C=N–C) groups is 1. The summed E-state index contributed by atoms with van der Waals surface area (Å²) >= 11 is 8.13. The van der Waals surface area contributed by atoms with E-state index in [2.05, 4.69) is 44.7 Å². The summed E-state index contributed by atoms with van der Waals surface area (Å²) in [6.45, 7) is 9.73. The van der Waals surface area contributed by atoms with Gasteiger partial charge in [0.15, 0.2) is 5.17 Å². The quantitative estimate of drug-likeness (QED) is 0.305. The van der Waals surface area contributed by atoms with Gasteiger partial charge in [0.05, 0.1) is 28.2 Å². The Balaban J connectivity index is 1.53. The van der Waals surface area contributed by atoms with Gasteiger partial charge in [-0.05, 0) is 98.6 Å². The third kappa shape index (κ3) is 5.44. The first kappa shape index (κ1) is 27.7. The molecule has 0 unspecified atom stereocenters. The molecule has 1 N–H and O–H groups in total. The Morgan fingerprint density at radius 2 is 1.80 bits per heavy atom. The summed E-state index contributed by atoms with van der Waals surface area (Å²) in [6, 6.07) is 20.1. The number of hydrogen-bond donors (Lipinski definition) is 1. The number of rotatable bonds is 6. The van der Waals surface area contributed by atoms with Crippen LogP contribution in [0.3, 0.4) is 0 Å². The van der Waals surface area contributed by atoms with E-state index in [4.69, 9.17) is 16.6 Å². The third-order valence-electron chi connectivity index (χ3n) is 7.11. The van der Waals surface area contributed by atoms with Crippen LogP contribution in [0, 0.1) is 0 Å². The van der Waals surface area contributed by atoms with Gasteiger partial charge in [-0.3, -0.25) is 9.69 Å². The maximum atomic E-state index is 13.7. The van der Waals surface area contributed by atoms with Crippen LogP contribution in [0.2, 0.25) is 5.02 Å². The number of carboxylic acids is 1. The minimum absolute atomic E-state index is 0.127. The number of benzene rings is 3. The van der Waals surface area contributed by atoms with E-state index >= 15 is 0 Å². The summed E-state index contributed by atoms with van der Waals surface area (Å²) in [4.78, 5) is 34.2. The normalized spacial score (nSPS) is 18.3. The van der Waals surface area contributed by atoms with Gasteiger partial charge >= 0.3 is 5.97 Å². The van der Waals surface area contributed by atoms with E-state index in [1.165, 1.54) is 17.3 Å². The van der Waals surface area contributed by atoms with Gasteiger partial charge in [0.2, 0.25) is 0 Å². The number of amidine groups is 1. The van der Waals surface area contributed by atoms with Crippen molar-refractivity contribution in [3.05, 3.63) is 105 Å². The second-order valence-corrected chi connectivity index (χ2v) is 11.8. The topological polar surface area (TPSA) is 73.2 Å². The molecule has 0 aliphatic carbocycles. The van der Waals surface area contributed by atoms with E-state index in [1.807, 2.05) is 42.5 Å². The highest BCUT2D eigenvalue weighted by Crippen LogP contribution is 2.43. The Hall–Kier alpha value is -3.81. The largest absolute Gasteiger partial charge is 0.478 e. The molecule has 5 rings (SSSR count). The summed E-state index contributed by atoms with van der Waals surface area (Å²) in [5.74, 6) is -1.17. The molecule has 3 aromatic carbocycles. The van der Waals surface area contributed by atoms with Crippen molar-refractivity contribution in [1.82, 2.24) is 4.90 Å². The number of thioether (sulfide) groups is 1. The number of amides is 1. The van der Waals surface area contributed by atoms with Gasteiger partial charge in [-0.1, -0.05) is 48.0 Å². The molecule has 0 bridgehead atoms. The van der Waals surface area contributed by atoms with Gasteiger partial charge in [-0.2, -0.15) is 0 Å². The molecule has 3 aromatic rings. The predicted molar refractivity (Wildman–Crippen MR) is 165 cm³/mol. The number of carbonyl (C=O) groups is 2. The smallest absolute Gasteiger partial charge is 0.335 e. The number of anilines is 1. The molecule has 2 heterocycles. The van der Waals surface area contributed by atoms with E-state index in [-0.39, 0.29) is 23.6 Å². The number of carbonyl (C=O) groups excluding carboxylic acids is 1. The predicted octanol–water partition coefficient (Wildman–Crippen LogP) is 7.86. The molecule has 0 atom stereocenters. The number of carboxylic acid groups (broad SMARTS) is 1. The average molecular weight is 572 g/mol. The summed E-state index contributed by atoms with van der Waals surface area (Å²) < 4.78 is 0. The van der Waals surface area contributed by atoms with Crippen LogP contribution in [0.15, 0.2) is 82.7 Å². The monoisotopic (exact) mass is 571 g/mol. The highest BCUT2D eigenvalue weighted by Gasteiger charge is 2.35. The lowest BCUT2D eigenvalue weighted by Gasteiger charge is -2.43. The number of allylic oxidation sites excluding steroid dienone is 1. The SMILES string of the molecule is CCN1c2cc(Cl)c(/C=C3/SC(=Nc4ccccc4)N(Cc4ccc(C(=O)O)cc4)C3=O)cc2C(C)=CC1(C)C. The molecule has 0 aromatic heterocycles. The van der Waals surface area contributed by atoms with Gasteiger partial charge in [0.25, 0.3) is 5.91 Å². The minimum Gasteiger partial charge on any atom is -0.478 e. The molecular formula is C32H30ClN3O3S. The maximum absolute atomic E-state index is 13.7. The Morgan fingerprint density at radius 3 is 2.45 bits per heavy atom. The molecule has 2 aliphatic heterocycles. The molecule has 204 valence electrons. The number of likely N-dealkylation sites (N-methyl/N-ethyl adjacent to an activating group) is 1. The Labute approximate surface area is 243 Å². The second-order valence-electron chi connectivity index (χ2n) is 10.4. The van der Waals surface area contributed by atoms with Crippen LogP contribution in [-0.4, -0.2) is 39.1 Å². The number of para-hydroxylation sites is 1. The standard InChI is InChI=1S/C32H30ClN3O3S/c1-5-36-27-17-26(33)23(15-25(27)20(2)18-32(36,3)4)16-28-29(37)35(19-21-11-13-22(14-12-21)30(38)39)31(40-28)34-24-9-7-6-8-10-24/h6-18H,5,19H2,1-4H3,(H,38,39)/b28-16+,34-31?. The van der Waals surface area contributed by atoms with E-state index in [0.717, 1.165) is 34.6 Å². The van der Waals surface area contributed by atoms with Crippen LogP contribution < -0.4 is 4.90 Å². The number of aromatic carboxylic acids is 1. The van der Waals surface area contributed by atoms with E-state index in [9.17, 15) is 14.7 Å². The van der Waals surface area contributed by atoms with Gasteiger partial charge in [-0.25, -0.2) is 9.79 Å². The number of halogens is 1. The maximum Gasteiger partial charge on any atom is 0.335 e. The van der Waals surface area contributed by atoms with Crippen molar-refractivity contribution in [2.45, 2.75) is 39.8 Å². The molecule has 0 radical (unpaired) electrons. The van der Waals surface area contributed by atoms with Gasteiger partial charge in [-0.15, -0.1) is 0 Å². The zero-order valence-corrected chi connectivity index (χ0v) is 24.4. The summed E-state index contributed by atoms with van der Waals surface area (Å²) in [5.41, 5.74) is 5.73. The third-order valence-corrected chi connectivity index (χ3v) is 8.44. The van der Waals surface area contributed by atoms with Crippen LogP contribution in [0.25, 0.3) is 11.6 Å². The minimum atomic E-state index is -0.992. The first-order chi connectivity index (χ1) is 19.1. The summed E-state index contributed by atoms with van der Waals surface area (Å²) in [5, 5.41) is 10.4. The summed E-state index contributed by atoms with van der Waals surface area (Å²) in [6.07, 6.45) is 4.11. The fourth-order valence-electron chi connectivity index (χ4n) is 5.22. The zero-order valence-electron chi connectivity index (χ0n) is 22.8. The molecule has 1 amide bonds. The Bertz CT molecular complexity index is 1580. The van der Waals surface area contributed by atoms with Crippen LogP contribution in [0.1, 0.15) is 54.7 Å². The fourth-order valence-corrected chi connectivity index (χ4v) is 6.42. The van der Waals surface area contributed by atoms with Gasteiger partial charge < -0.3 is 10.0 Å². The van der Waals surface area contributed by atoms with Crippen molar-refractivity contribution in [3.63, 3.8) is 0 Å². The molecule has 1 saturated heterocycles. The molecule has 0 spiro atoms. The Kier molecular flexibility index (Phi) is 7.62. The first-order valence-corrected chi connectivity index (χ1v) is 14.2. The lowest BCUT2D eigenvalue weighted by molar-refractivity contribution is -0.122. The van der Waals surface area contributed by atoms with Crippen LogP contribution in [0.5, 0.6) is 0 Å². The number of hydrogen-bond acceptors (Lipinski definition) is 5. The van der Waals surface area contributed by atoms with Crippen molar-refractivity contribution in [1.29, 1.82) is 0 Å². The summed E-state index contributed by atoms with van der Waals surface area (Å²) in [7, 11) is 0. The number of fused-ring (bicyclic) bond motifs is 1. The number of nitrogens with zero attached hydrogens (tertiary/aromatic N) is 3. The second kappa shape index (κ2) is 11.0. The molecule has 6 nitrogen and oxygen atoms in total. The zero-order chi connectivity index (χ0) is 28.6. The Morgan fingerprint density at radius 1 is 1.10 bits per heavy atom. The van der Waals surface area contributed by atoms with Crippen molar-refractivity contribution in [2.24, 2.45) is 4.99 Å². The first-order valence-electron chi connectivity index (χ1n) is 13.1. The van der Waals surface area contributed by atoms with Crippen molar-refractivity contribution < 1.29 is 14.7 Å². The molecule has 40 heavy (non-hydrogen) atoms.